The van der Waals surface area contributed by atoms with E-state index >= 15 is 0 Å². The van der Waals surface area contributed by atoms with Gasteiger partial charge in [0.25, 0.3) is 11.8 Å². The second-order valence-electron chi connectivity index (χ2n) is 6.47. The summed E-state index contributed by atoms with van der Waals surface area (Å²) in [5.41, 5.74) is 2.88. The highest BCUT2D eigenvalue weighted by Crippen LogP contribution is 2.44. The number of hydrogen-bond acceptors (Lipinski definition) is 7. The van der Waals surface area contributed by atoms with E-state index in [4.69, 9.17) is 15.2 Å². The summed E-state index contributed by atoms with van der Waals surface area (Å²) in [6.45, 7) is -0.210. The molecule has 3 rings (SSSR count). The maximum Gasteiger partial charge on any atom is 0.299 e. The summed E-state index contributed by atoms with van der Waals surface area (Å²) in [4.78, 5) is 23.9. The highest BCUT2D eigenvalue weighted by Gasteiger charge is 2.54. The minimum Gasteiger partial charge on any atom is -0.480 e. The van der Waals surface area contributed by atoms with Crippen molar-refractivity contribution in [3.63, 3.8) is 0 Å². The van der Waals surface area contributed by atoms with Crippen LogP contribution < -0.4 is 15.8 Å². The van der Waals surface area contributed by atoms with E-state index in [2.05, 4.69) is 20.3 Å². The van der Waals surface area contributed by atoms with Crippen LogP contribution in [0.1, 0.15) is 23.0 Å². The molecule has 1 atom stereocenters. The molecule has 11 heteroatoms. The van der Waals surface area contributed by atoms with Crippen molar-refractivity contribution in [1.82, 2.24) is 9.97 Å². The Hall–Kier alpha value is -3.21. The van der Waals surface area contributed by atoms with Gasteiger partial charge in [-0.2, -0.15) is 0 Å². The second-order valence-corrected chi connectivity index (χ2v) is 6.47. The molecule has 3 N–H and O–H groups in total. The van der Waals surface area contributed by atoms with E-state index in [0.717, 1.165) is 19.1 Å². The number of halogens is 3. The van der Waals surface area contributed by atoms with Crippen LogP contribution in [0.3, 0.4) is 0 Å². The standard InChI is InChI=1S/C18H18F3N5O3/c1-17(18(20,21)9-29-8-14(22)26-17)11-5-10(3-4-12(11)19)25-16(27)13-6-24-15(28-2)7-23-13/h3-7H,8-9H2,1-2H3,(H2,22,26)(H,25,27). The molecule has 0 saturated heterocycles. The van der Waals surface area contributed by atoms with Crippen LogP contribution in [0.15, 0.2) is 35.6 Å². The number of aromatic nitrogens is 2. The highest BCUT2D eigenvalue weighted by atomic mass is 19.3. The zero-order chi connectivity index (χ0) is 21.2. The van der Waals surface area contributed by atoms with E-state index in [0.29, 0.717) is 0 Å². The largest absolute Gasteiger partial charge is 0.480 e. The van der Waals surface area contributed by atoms with E-state index in [1.165, 1.54) is 25.6 Å². The number of nitrogens with two attached hydrogens (primary N) is 1. The number of rotatable bonds is 4. The first kappa shape index (κ1) is 20.5. The monoisotopic (exact) mass is 409 g/mol. The maximum atomic E-state index is 14.7. The Morgan fingerprint density at radius 2 is 2.07 bits per heavy atom. The molecule has 1 aromatic heterocycles. The lowest BCUT2D eigenvalue weighted by atomic mass is 9.85. The van der Waals surface area contributed by atoms with Gasteiger partial charge in [-0.25, -0.2) is 23.1 Å². The number of carbonyl (C=O) groups excluding carboxylic acids is 1. The van der Waals surface area contributed by atoms with Crippen LogP contribution in [0, 0.1) is 5.82 Å². The van der Waals surface area contributed by atoms with Crippen molar-refractivity contribution in [2.24, 2.45) is 10.7 Å². The van der Waals surface area contributed by atoms with Crippen LogP contribution in [-0.2, 0) is 10.3 Å². The first-order valence-corrected chi connectivity index (χ1v) is 8.43. The number of amides is 1. The number of nitrogens with zero attached hydrogens (tertiary/aromatic N) is 3. The summed E-state index contributed by atoms with van der Waals surface area (Å²) < 4.78 is 53.6. The molecule has 0 bridgehead atoms. The van der Waals surface area contributed by atoms with Crippen LogP contribution in [0.2, 0.25) is 0 Å². The topological polar surface area (TPSA) is 112 Å². The average molecular weight is 409 g/mol. The lowest BCUT2D eigenvalue weighted by molar-refractivity contribution is -0.116. The lowest BCUT2D eigenvalue weighted by Crippen LogP contribution is -2.45. The van der Waals surface area contributed by atoms with Gasteiger partial charge in [0.15, 0.2) is 5.54 Å². The number of hydrogen-bond donors (Lipinski definition) is 2. The van der Waals surface area contributed by atoms with Crippen molar-refractivity contribution in [3.05, 3.63) is 47.7 Å². The van der Waals surface area contributed by atoms with Gasteiger partial charge in [-0.3, -0.25) is 9.79 Å². The number of alkyl halides is 2. The van der Waals surface area contributed by atoms with E-state index < -0.39 is 35.4 Å². The molecule has 2 aromatic rings. The second kappa shape index (κ2) is 7.66. The van der Waals surface area contributed by atoms with Crippen LogP contribution in [0.5, 0.6) is 5.88 Å². The molecule has 1 aromatic carbocycles. The van der Waals surface area contributed by atoms with Gasteiger partial charge in [0.05, 0.1) is 19.5 Å². The van der Waals surface area contributed by atoms with Gasteiger partial charge in [0, 0.05) is 11.3 Å². The molecule has 0 radical (unpaired) electrons. The molecular weight excluding hydrogens is 391 g/mol. The quantitative estimate of drug-likeness (QED) is 0.800. The number of nitrogens with one attached hydrogen (secondary N) is 1. The van der Waals surface area contributed by atoms with Gasteiger partial charge >= 0.3 is 0 Å². The molecule has 29 heavy (non-hydrogen) atoms. The molecule has 8 nitrogen and oxygen atoms in total. The zero-order valence-electron chi connectivity index (χ0n) is 15.6. The molecule has 154 valence electrons. The molecule has 0 spiro atoms. The fraction of sp³-hybridized carbons (Fsp3) is 0.333. The van der Waals surface area contributed by atoms with Crippen LogP contribution in [0.4, 0.5) is 18.9 Å². The lowest BCUT2D eigenvalue weighted by Gasteiger charge is -2.33. The number of amidine groups is 1. The SMILES string of the molecule is COc1cnc(C(=O)Nc2ccc(F)c(C3(C)N=C(N)COCC3(F)F)c2)cn1. The van der Waals surface area contributed by atoms with Crippen molar-refractivity contribution in [2.75, 3.05) is 25.6 Å². The molecule has 1 unspecified atom stereocenters. The summed E-state index contributed by atoms with van der Waals surface area (Å²) >= 11 is 0. The number of aliphatic imine (C=N–C) groups is 1. The summed E-state index contributed by atoms with van der Waals surface area (Å²) in [6, 6.07) is 3.28. The molecular formula is C18H18F3N5O3. The third-order valence-corrected chi connectivity index (χ3v) is 4.43. The Balaban J connectivity index is 1.95. The fourth-order valence-electron chi connectivity index (χ4n) is 2.79. The molecule has 0 fully saturated rings. The van der Waals surface area contributed by atoms with Gasteiger partial charge < -0.3 is 20.5 Å². The number of methoxy groups -OCH3 is 1. The number of benzene rings is 1. The van der Waals surface area contributed by atoms with Gasteiger partial charge in [-0.1, -0.05) is 0 Å². The zero-order valence-corrected chi connectivity index (χ0v) is 15.6. The Morgan fingerprint density at radius 1 is 1.31 bits per heavy atom. The van der Waals surface area contributed by atoms with E-state index in [9.17, 15) is 18.0 Å². The molecule has 0 saturated carbocycles. The van der Waals surface area contributed by atoms with E-state index in [1.807, 2.05) is 0 Å². The van der Waals surface area contributed by atoms with Gasteiger partial charge in [-0.15, -0.1) is 0 Å². The van der Waals surface area contributed by atoms with Crippen molar-refractivity contribution < 1.29 is 27.4 Å². The third-order valence-electron chi connectivity index (χ3n) is 4.43. The van der Waals surface area contributed by atoms with Crippen molar-refractivity contribution in [3.8, 4) is 5.88 Å². The van der Waals surface area contributed by atoms with Crippen molar-refractivity contribution in [1.29, 1.82) is 0 Å². The molecule has 1 amide bonds. The predicted molar refractivity (Wildman–Crippen MR) is 97.7 cm³/mol. The molecule has 0 aliphatic carbocycles. The van der Waals surface area contributed by atoms with Crippen LogP contribution >= 0.6 is 0 Å². The number of ether oxygens (including phenoxy) is 2. The molecule has 2 heterocycles. The number of anilines is 1. The van der Waals surface area contributed by atoms with Gasteiger partial charge in [-0.05, 0) is 25.1 Å². The minimum absolute atomic E-state index is 0.0432. The van der Waals surface area contributed by atoms with Crippen LogP contribution in [0.25, 0.3) is 0 Å². The smallest absolute Gasteiger partial charge is 0.299 e. The Labute approximate surface area is 164 Å². The third kappa shape index (κ3) is 3.99. The van der Waals surface area contributed by atoms with Gasteiger partial charge in [0.2, 0.25) is 5.88 Å². The first-order chi connectivity index (χ1) is 13.7. The van der Waals surface area contributed by atoms with Crippen LogP contribution in [-0.4, -0.2) is 48.0 Å². The van der Waals surface area contributed by atoms with Crippen molar-refractivity contribution in [2.45, 2.75) is 18.4 Å². The summed E-state index contributed by atoms with van der Waals surface area (Å²) in [6.07, 6.45) is 2.43. The fourth-order valence-corrected chi connectivity index (χ4v) is 2.79. The maximum absolute atomic E-state index is 14.7. The van der Waals surface area contributed by atoms with E-state index in [-0.39, 0.29) is 29.7 Å². The minimum atomic E-state index is -3.54. The summed E-state index contributed by atoms with van der Waals surface area (Å²) in [5, 5.41) is 2.47. The Bertz CT molecular complexity index is 952. The van der Waals surface area contributed by atoms with Gasteiger partial charge in [0.1, 0.15) is 30.6 Å². The molecule has 1 aliphatic rings. The van der Waals surface area contributed by atoms with Crippen molar-refractivity contribution >= 4 is 17.4 Å². The Morgan fingerprint density at radius 3 is 2.72 bits per heavy atom. The normalized spacial score (nSPS) is 21.1. The highest BCUT2D eigenvalue weighted by molar-refractivity contribution is 6.02. The summed E-state index contributed by atoms with van der Waals surface area (Å²) in [7, 11) is 1.40. The average Bonchev–Trinajstić information content (AvgIpc) is 2.78. The predicted octanol–water partition coefficient (Wildman–Crippen LogP) is 2.11. The van der Waals surface area contributed by atoms with E-state index in [1.54, 1.807) is 0 Å². The summed E-state index contributed by atoms with van der Waals surface area (Å²) in [5.74, 6) is -5.10. The first-order valence-electron chi connectivity index (χ1n) is 8.43. The Kier molecular flexibility index (Phi) is 5.42. The number of carbonyl (C=O) groups is 1. The molecule has 1 aliphatic heterocycles.